The van der Waals surface area contributed by atoms with Gasteiger partial charge in [-0.25, -0.2) is 0 Å². The second-order valence-corrected chi connectivity index (χ2v) is 6.26. The summed E-state index contributed by atoms with van der Waals surface area (Å²) in [6, 6.07) is 6.32. The molecule has 0 saturated carbocycles. The van der Waals surface area contributed by atoms with E-state index >= 15 is 0 Å². The molecule has 3 nitrogen and oxygen atoms in total. The van der Waals surface area contributed by atoms with E-state index in [9.17, 15) is 4.79 Å². The van der Waals surface area contributed by atoms with Crippen LogP contribution in [0.1, 0.15) is 32.4 Å². The summed E-state index contributed by atoms with van der Waals surface area (Å²) >= 11 is 6.94. The summed E-state index contributed by atoms with van der Waals surface area (Å²) in [4.78, 5) is 11.5. The fourth-order valence-corrected chi connectivity index (χ4v) is 2.97. The Morgan fingerprint density at radius 3 is 2.50 bits per heavy atom. The number of carbonyl (C=O) groups excluding carboxylic acids is 1. The molecule has 0 fully saturated rings. The first-order valence-corrected chi connectivity index (χ1v) is 7.46. The molecule has 0 spiro atoms. The topological polar surface area (TPSA) is 41.1 Å². The zero-order valence-corrected chi connectivity index (χ0v) is 13.9. The first-order valence-electron chi connectivity index (χ1n) is 5.88. The number of hydrogen-bond donors (Lipinski definition) is 2. The van der Waals surface area contributed by atoms with Crippen LogP contribution in [0, 0.1) is 0 Å². The van der Waals surface area contributed by atoms with Crippen molar-refractivity contribution in [2.45, 2.75) is 32.9 Å². The van der Waals surface area contributed by atoms with Crippen LogP contribution in [0.3, 0.4) is 0 Å². The normalized spacial score (nSPS) is 12.6. The molecule has 100 valence electrons. The van der Waals surface area contributed by atoms with Crippen molar-refractivity contribution < 1.29 is 4.79 Å². The fourth-order valence-electron chi connectivity index (χ4n) is 1.58. The predicted octanol–water partition coefficient (Wildman–Crippen LogP) is 3.39. The third kappa shape index (κ3) is 5.08. The Kier molecular flexibility index (Phi) is 6.32. The van der Waals surface area contributed by atoms with Crippen molar-refractivity contribution in [3.05, 3.63) is 32.7 Å². The van der Waals surface area contributed by atoms with Crippen molar-refractivity contribution >= 4 is 37.8 Å². The first kappa shape index (κ1) is 15.7. The van der Waals surface area contributed by atoms with E-state index in [1.54, 1.807) is 0 Å². The minimum Gasteiger partial charge on any atom is -0.353 e. The molecule has 0 aliphatic heterocycles. The van der Waals surface area contributed by atoms with Gasteiger partial charge in [0.25, 0.3) is 0 Å². The van der Waals surface area contributed by atoms with Crippen molar-refractivity contribution in [1.29, 1.82) is 0 Å². The van der Waals surface area contributed by atoms with Gasteiger partial charge in [0.15, 0.2) is 0 Å². The summed E-state index contributed by atoms with van der Waals surface area (Å²) in [5, 5.41) is 6.06. The van der Waals surface area contributed by atoms with Crippen molar-refractivity contribution in [2.24, 2.45) is 0 Å². The summed E-state index contributed by atoms with van der Waals surface area (Å²) < 4.78 is 2.06. The lowest BCUT2D eigenvalue weighted by molar-refractivity contribution is -0.120. The molecule has 1 unspecified atom stereocenters. The molecule has 5 heteroatoms. The Balaban J connectivity index is 2.55. The molecule has 1 amide bonds. The molecular formula is C13H18Br2N2O. The average Bonchev–Trinajstić information content (AvgIpc) is 2.25. The van der Waals surface area contributed by atoms with Gasteiger partial charge in [-0.2, -0.15) is 0 Å². The molecule has 0 heterocycles. The van der Waals surface area contributed by atoms with Crippen molar-refractivity contribution in [2.75, 3.05) is 6.54 Å². The van der Waals surface area contributed by atoms with E-state index in [1.165, 1.54) is 0 Å². The van der Waals surface area contributed by atoms with Crippen LogP contribution < -0.4 is 10.6 Å². The van der Waals surface area contributed by atoms with Gasteiger partial charge in [0.05, 0.1) is 6.54 Å². The number of carbonyl (C=O) groups is 1. The molecule has 0 aliphatic carbocycles. The van der Waals surface area contributed by atoms with Crippen LogP contribution in [0.5, 0.6) is 0 Å². The highest BCUT2D eigenvalue weighted by atomic mass is 79.9. The van der Waals surface area contributed by atoms with Gasteiger partial charge >= 0.3 is 0 Å². The number of nitrogens with one attached hydrogen (secondary N) is 2. The molecule has 1 rings (SSSR count). The Labute approximate surface area is 125 Å². The monoisotopic (exact) mass is 376 g/mol. The third-order valence-electron chi connectivity index (χ3n) is 2.45. The molecule has 1 aromatic carbocycles. The zero-order valence-electron chi connectivity index (χ0n) is 10.8. The number of rotatable bonds is 5. The number of halogens is 2. The maximum atomic E-state index is 11.5. The van der Waals surface area contributed by atoms with E-state index in [0.717, 1.165) is 14.5 Å². The Morgan fingerprint density at radius 1 is 1.28 bits per heavy atom. The summed E-state index contributed by atoms with van der Waals surface area (Å²) in [5.41, 5.74) is 1.13. The van der Waals surface area contributed by atoms with Crippen LogP contribution in [0.4, 0.5) is 0 Å². The largest absolute Gasteiger partial charge is 0.353 e. The molecular weight excluding hydrogens is 360 g/mol. The Morgan fingerprint density at radius 2 is 1.94 bits per heavy atom. The van der Waals surface area contributed by atoms with Crippen molar-refractivity contribution in [3.63, 3.8) is 0 Å². The molecule has 2 N–H and O–H groups in total. The smallest absolute Gasteiger partial charge is 0.234 e. The van der Waals surface area contributed by atoms with Crippen LogP contribution in [0.25, 0.3) is 0 Å². The van der Waals surface area contributed by atoms with Gasteiger partial charge < -0.3 is 10.6 Å². The molecule has 18 heavy (non-hydrogen) atoms. The highest BCUT2D eigenvalue weighted by Crippen LogP contribution is 2.26. The van der Waals surface area contributed by atoms with Gasteiger partial charge in [0, 0.05) is 21.0 Å². The highest BCUT2D eigenvalue weighted by molar-refractivity contribution is 9.11. The quantitative estimate of drug-likeness (QED) is 0.825. The Hall–Kier alpha value is -0.390. The lowest BCUT2D eigenvalue weighted by atomic mass is 10.1. The van der Waals surface area contributed by atoms with Gasteiger partial charge in [-0.3, -0.25) is 4.79 Å². The van der Waals surface area contributed by atoms with E-state index in [-0.39, 0.29) is 18.0 Å². The van der Waals surface area contributed by atoms with E-state index < -0.39 is 0 Å². The summed E-state index contributed by atoms with van der Waals surface area (Å²) in [7, 11) is 0. The zero-order chi connectivity index (χ0) is 13.7. The van der Waals surface area contributed by atoms with Gasteiger partial charge in [-0.1, -0.05) is 37.9 Å². The minimum atomic E-state index is 0.0186. The van der Waals surface area contributed by atoms with Crippen LogP contribution >= 0.6 is 31.9 Å². The number of hydrogen-bond acceptors (Lipinski definition) is 2. The van der Waals surface area contributed by atoms with Gasteiger partial charge in [0.2, 0.25) is 5.91 Å². The van der Waals surface area contributed by atoms with Crippen molar-refractivity contribution in [3.8, 4) is 0 Å². The molecule has 0 aliphatic rings. The summed E-state index contributed by atoms with van der Waals surface area (Å²) in [5.74, 6) is 0.0186. The molecule has 0 radical (unpaired) electrons. The number of benzene rings is 1. The maximum absolute atomic E-state index is 11.5. The van der Waals surface area contributed by atoms with E-state index in [1.807, 2.05) is 39.0 Å². The van der Waals surface area contributed by atoms with Crippen LogP contribution in [-0.4, -0.2) is 18.5 Å². The SMILES string of the molecule is CC(C)NC(=O)CNC(C)c1ccc(Br)cc1Br. The van der Waals surface area contributed by atoms with Gasteiger partial charge in [0.1, 0.15) is 0 Å². The molecule has 1 atom stereocenters. The highest BCUT2D eigenvalue weighted by Gasteiger charge is 2.11. The van der Waals surface area contributed by atoms with Crippen LogP contribution in [0.2, 0.25) is 0 Å². The van der Waals surface area contributed by atoms with E-state index in [0.29, 0.717) is 6.54 Å². The van der Waals surface area contributed by atoms with E-state index in [2.05, 4.69) is 42.5 Å². The first-order chi connectivity index (χ1) is 8.40. The molecule has 0 aromatic heterocycles. The molecule has 0 saturated heterocycles. The predicted molar refractivity (Wildman–Crippen MR) is 81.5 cm³/mol. The fraction of sp³-hybridized carbons (Fsp3) is 0.462. The second kappa shape index (κ2) is 7.26. The standard InChI is InChI=1S/C13H18Br2N2O/c1-8(2)17-13(18)7-16-9(3)11-5-4-10(14)6-12(11)15/h4-6,8-9,16H,7H2,1-3H3,(H,17,18). The lowest BCUT2D eigenvalue weighted by Gasteiger charge is -2.16. The molecule has 1 aromatic rings. The van der Waals surface area contributed by atoms with Gasteiger partial charge in [-0.05, 0) is 38.5 Å². The Bertz CT molecular complexity index is 421. The summed E-state index contributed by atoms with van der Waals surface area (Å²) in [6.07, 6.45) is 0. The lowest BCUT2D eigenvalue weighted by Crippen LogP contribution is -2.38. The maximum Gasteiger partial charge on any atom is 0.234 e. The van der Waals surface area contributed by atoms with Crippen molar-refractivity contribution in [1.82, 2.24) is 10.6 Å². The van der Waals surface area contributed by atoms with E-state index in [4.69, 9.17) is 0 Å². The number of amides is 1. The average molecular weight is 378 g/mol. The second-order valence-electron chi connectivity index (χ2n) is 4.49. The third-order valence-corrected chi connectivity index (χ3v) is 3.63. The van der Waals surface area contributed by atoms with Crippen LogP contribution in [0.15, 0.2) is 27.1 Å². The van der Waals surface area contributed by atoms with Crippen LogP contribution in [-0.2, 0) is 4.79 Å². The molecule has 0 bridgehead atoms. The summed E-state index contributed by atoms with van der Waals surface area (Å²) in [6.45, 7) is 6.26. The van der Waals surface area contributed by atoms with Gasteiger partial charge in [-0.15, -0.1) is 0 Å². The minimum absolute atomic E-state index is 0.0186.